The molecule has 3 aliphatic rings. The van der Waals surface area contributed by atoms with Gasteiger partial charge in [0.25, 0.3) is 0 Å². The van der Waals surface area contributed by atoms with Crippen molar-refractivity contribution >= 4 is 5.91 Å². The summed E-state index contributed by atoms with van der Waals surface area (Å²) in [7, 11) is 0. The van der Waals surface area contributed by atoms with Gasteiger partial charge in [0.05, 0.1) is 0 Å². The first-order valence-electron chi connectivity index (χ1n) is 9.12. The van der Waals surface area contributed by atoms with Crippen LogP contribution in [0.2, 0.25) is 0 Å². The number of nitrogens with zero attached hydrogens (tertiary/aromatic N) is 1. The topological polar surface area (TPSA) is 32.3 Å². The van der Waals surface area contributed by atoms with Gasteiger partial charge in [-0.15, -0.1) is 0 Å². The average molecular weight is 292 g/mol. The third-order valence-corrected chi connectivity index (χ3v) is 6.43. The van der Waals surface area contributed by atoms with Gasteiger partial charge in [0.2, 0.25) is 5.91 Å². The van der Waals surface area contributed by atoms with E-state index in [9.17, 15) is 4.79 Å². The maximum atomic E-state index is 12.7. The number of likely N-dealkylation sites (tertiary alicyclic amines) is 1. The molecule has 1 amide bonds. The van der Waals surface area contributed by atoms with Crippen LogP contribution in [0.3, 0.4) is 0 Å². The smallest absolute Gasteiger partial charge is 0.222 e. The van der Waals surface area contributed by atoms with Crippen LogP contribution in [-0.4, -0.2) is 36.0 Å². The Bertz CT molecular complexity index is 371. The molecule has 4 atom stereocenters. The van der Waals surface area contributed by atoms with Crippen molar-refractivity contribution in [3.05, 3.63) is 0 Å². The summed E-state index contributed by atoms with van der Waals surface area (Å²) in [5.74, 6) is 1.07. The highest BCUT2D eigenvalue weighted by molar-refractivity contribution is 5.76. The second-order valence-electron chi connectivity index (χ2n) is 8.08. The molecule has 120 valence electrons. The average Bonchev–Trinajstić information content (AvgIpc) is 2.69. The van der Waals surface area contributed by atoms with Crippen LogP contribution in [0.1, 0.15) is 71.6 Å². The monoisotopic (exact) mass is 292 g/mol. The van der Waals surface area contributed by atoms with Crippen molar-refractivity contribution < 1.29 is 4.79 Å². The lowest BCUT2D eigenvalue weighted by atomic mass is 9.80. The molecule has 0 aromatic carbocycles. The van der Waals surface area contributed by atoms with Gasteiger partial charge in [-0.1, -0.05) is 20.3 Å². The summed E-state index contributed by atoms with van der Waals surface area (Å²) in [5, 5.41) is 3.68. The number of hydrogen-bond donors (Lipinski definition) is 1. The van der Waals surface area contributed by atoms with Gasteiger partial charge in [0.1, 0.15) is 0 Å². The fourth-order valence-electron chi connectivity index (χ4n) is 4.66. The highest BCUT2D eigenvalue weighted by atomic mass is 16.2. The Balaban J connectivity index is 1.51. The fourth-order valence-corrected chi connectivity index (χ4v) is 4.66. The molecule has 3 fully saturated rings. The van der Waals surface area contributed by atoms with E-state index in [1.54, 1.807) is 0 Å². The van der Waals surface area contributed by atoms with Crippen LogP contribution < -0.4 is 5.32 Å². The van der Waals surface area contributed by atoms with Crippen molar-refractivity contribution in [3.8, 4) is 0 Å². The van der Waals surface area contributed by atoms with Gasteiger partial charge in [-0.05, 0) is 56.3 Å². The molecule has 3 rings (SSSR count). The molecule has 21 heavy (non-hydrogen) atoms. The van der Waals surface area contributed by atoms with Crippen LogP contribution in [0.5, 0.6) is 0 Å². The molecule has 0 spiro atoms. The molecular weight excluding hydrogens is 260 g/mol. The van der Waals surface area contributed by atoms with Crippen molar-refractivity contribution in [2.24, 2.45) is 11.3 Å². The second kappa shape index (κ2) is 6.28. The van der Waals surface area contributed by atoms with Crippen molar-refractivity contribution in [2.45, 2.75) is 83.7 Å². The summed E-state index contributed by atoms with van der Waals surface area (Å²) in [6.45, 7) is 6.67. The lowest BCUT2D eigenvalue weighted by Gasteiger charge is -2.31. The summed E-state index contributed by atoms with van der Waals surface area (Å²) < 4.78 is 0. The highest BCUT2D eigenvalue weighted by Crippen LogP contribution is 2.35. The number of nitrogens with one attached hydrogen (secondary N) is 1. The van der Waals surface area contributed by atoms with Crippen LogP contribution in [0, 0.1) is 11.3 Å². The van der Waals surface area contributed by atoms with Gasteiger partial charge in [0, 0.05) is 31.6 Å². The Kier molecular flexibility index (Phi) is 4.58. The lowest BCUT2D eigenvalue weighted by molar-refractivity contribution is -0.132. The van der Waals surface area contributed by atoms with Crippen molar-refractivity contribution in [1.29, 1.82) is 0 Å². The number of piperidine rings is 1. The van der Waals surface area contributed by atoms with Crippen LogP contribution in [-0.2, 0) is 4.79 Å². The summed E-state index contributed by atoms with van der Waals surface area (Å²) in [4.78, 5) is 14.8. The minimum atomic E-state index is 0.432. The van der Waals surface area contributed by atoms with E-state index in [1.807, 2.05) is 0 Å². The SMILES string of the molecule is CC[C@@]1(C)CCCN(C(=O)CC2C[C@H]3CC[C@@H](C2)N3)CC1. The van der Waals surface area contributed by atoms with E-state index in [4.69, 9.17) is 0 Å². The van der Waals surface area contributed by atoms with Crippen LogP contribution in [0.25, 0.3) is 0 Å². The molecule has 3 heteroatoms. The molecule has 0 aromatic heterocycles. The van der Waals surface area contributed by atoms with Crippen LogP contribution in [0.4, 0.5) is 0 Å². The largest absolute Gasteiger partial charge is 0.343 e. The Morgan fingerprint density at radius 3 is 2.57 bits per heavy atom. The summed E-state index contributed by atoms with van der Waals surface area (Å²) in [6.07, 6.45) is 10.8. The Morgan fingerprint density at radius 2 is 1.90 bits per heavy atom. The summed E-state index contributed by atoms with van der Waals surface area (Å²) >= 11 is 0. The van der Waals surface area contributed by atoms with Gasteiger partial charge in [-0.3, -0.25) is 4.79 Å². The van der Waals surface area contributed by atoms with E-state index < -0.39 is 0 Å². The zero-order valence-corrected chi connectivity index (χ0v) is 13.9. The molecule has 1 unspecified atom stereocenters. The van der Waals surface area contributed by atoms with Gasteiger partial charge in [0.15, 0.2) is 0 Å². The number of amides is 1. The quantitative estimate of drug-likeness (QED) is 0.865. The Morgan fingerprint density at radius 1 is 1.19 bits per heavy atom. The van der Waals surface area contributed by atoms with Gasteiger partial charge in [-0.25, -0.2) is 0 Å². The number of hydrogen-bond acceptors (Lipinski definition) is 2. The molecule has 3 saturated heterocycles. The first-order valence-corrected chi connectivity index (χ1v) is 9.12. The third-order valence-electron chi connectivity index (χ3n) is 6.43. The van der Waals surface area contributed by atoms with E-state index in [1.165, 1.54) is 51.4 Å². The molecule has 0 aliphatic carbocycles. The molecular formula is C18H32N2O. The zero-order chi connectivity index (χ0) is 14.9. The van der Waals surface area contributed by atoms with E-state index in [-0.39, 0.29) is 0 Å². The molecule has 0 aromatic rings. The van der Waals surface area contributed by atoms with Gasteiger partial charge in [-0.2, -0.15) is 0 Å². The van der Waals surface area contributed by atoms with Gasteiger partial charge < -0.3 is 10.2 Å². The molecule has 3 nitrogen and oxygen atoms in total. The fraction of sp³-hybridized carbons (Fsp3) is 0.944. The van der Waals surface area contributed by atoms with E-state index in [0.29, 0.717) is 29.3 Å². The lowest BCUT2D eigenvalue weighted by Crippen LogP contribution is -2.40. The van der Waals surface area contributed by atoms with Gasteiger partial charge >= 0.3 is 0 Å². The van der Waals surface area contributed by atoms with Crippen LogP contribution in [0.15, 0.2) is 0 Å². The van der Waals surface area contributed by atoms with Crippen molar-refractivity contribution in [3.63, 3.8) is 0 Å². The summed E-state index contributed by atoms with van der Waals surface area (Å²) in [6, 6.07) is 1.41. The van der Waals surface area contributed by atoms with Crippen LogP contribution >= 0.6 is 0 Å². The molecule has 3 aliphatic heterocycles. The third kappa shape index (κ3) is 3.61. The molecule has 3 heterocycles. The van der Waals surface area contributed by atoms with E-state index in [2.05, 4.69) is 24.1 Å². The first kappa shape index (κ1) is 15.3. The number of rotatable bonds is 3. The number of carbonyl (C=O) groups is 1. The summed E-state index contributed by atoms with van der Waals surface area (Å²) in [5.41, 5.74) is 0.461. The minimum absolute atomic E-state index is 0.432. The van der Waals surface area contributed by atoms with E-state index >= 15 is 0 Å². The normalized spacial score (nSPS) is 40.1. The first-order chi connectivity index (χ1) is 10.1. The molecule has 2 bridgehead atoms. The minimum Gasteiger partial charge on any atom is -0.343 e. The van der Waals surface area contributed by atoms with Crippen molar-refractivity contribution in [2.75, 3.05) is 13.1 Å². The predicted octanol–water partition coefficient (Wildman–Crippen LogP) is 3.34. The Hall–Kier alpha value is -0.570. The number of carbonyl (C=O) groups excluding carboxylic acids is 1. The zero-order valence-electron chi connectivity index (χ0n) is 13.9. The maximum absolute atomic E-state index is 12.7. The van der Waals surface area contributed by atoms with Crippen molar-refractivity contribution in [1.82, 2.24) is 10.2 Å². The number of fused-ring (bicyclic) bond motifs is 2. The highest BCUT2D eigenvalue weighted by Gasteiger charge is 2.35. The molecule has 0 radical (unpaired) electrons. The Labute approximate surface area is 129 Å². The molecule has 1 N–H and O–H groups in total. The van der Waals surface area contributed by atoms with E-state index in [0.717, 1.165) is 19.5 Å². The second-order valence-corrected chi connectivity index (χ2v) is 8.08. The predicted molar refractivity (Wildman–Crippen MR) is 86.1 cm³/mol. The molecule has 0 saturated carbocycles. The standard InChI is InChI=1S/C18H32N2O/c1-3-18(2)7-4-9-20(10-8-18)17(21)13-14-11-15-5-6-16(12-14)19-15/h14-16,19H,3-13H2,1-2H3/t14?,15-,16+,18-/m0/s1. The maximum Gasteiger partial charge on any atom is 0.222 e.